The van der Waals surface area contributed by atoms with Crippen molar-refractivity contribution >= 4 is 23.2 Å². The molecule has 1 aromatic heterocycles. The smallest absolute Gasteiger partial charge is 0.306 e. The number of carbonyl (C=O) groups excluding carboxylic acids is 1. The molecule has 0 bridgehead atoms. The highest BCUT2D eigenvalue weighted by Gasteiger charge is 2.25. The Morgan fingerprint density at radius 3 is 2.57 bits per heavy atom. The van der Waals surface area contributed by atoms with Crippen LogP contribution in [0.2, 0.25) is 0 Å². The fourth-order valence-electron chi connectivity index (χ4n) is 2.49. The molecule has 0 aliphatic carbocycles. The summed E-state index contributed by atoms with van der Waals surface area (Å²) in [5, 5.41) is 11.9. The van der Waals surface area contributed by atoms with Crippen LogP contribution in [0.1, 0.15) is 29.5 Å². The van der Waals surface area contributed by atoms with E-state index >= 15 is 0 Å². The van der Waals surface area contributed by atoms with Crippen molar-refractivity contribution in [2.45, 2.75) is 32.7 Å². The molecular formula is C15H22N2O3S. The third-order valence-electron chi connectivity index (χ3n) is 3.83. The number of hydrogen-bond donors (Lipinski definition) is 2. The monoisotopic (exact) mass is 310 g/mol. The van der Waals surface area contributed by atoms with Crippen LogP contribution in [0.5, 0.6) is 0 Å². The number of likely N-dealkylation sites (tertiary alicyclic amines) is 1. The summed E-state index contributed by atoms with van der Waals surface area (Å²) in [5.41, 5.74) is 0. The molecule has 0 radical (unpaired) electrons. The number of nitrogens with zero attached hydrogens (tertiary/aromatic N) is 1. The lowest BCUT2D eigenvalue weighted by Gasteiger charge is -2.29. The van der Waals surface area contributed by atoms with Crippen molar-refractivity contribution in [2.24, 2.45) is 5.92 Å². The number of nitrogens with one attached hydrogen (secondary N) is 1. The first-order chi connectivity index (χ1) is 10.1. The molecule has 0 saturated carbocycles. The summed E-state index contributed by atoms with van der Waals surface area (Å²) >= 11 is 1.73. The second kappa shape index (κ2) is 7.56. The van der Waals surface area contributed by atoms with Gasteiger partial charge in [0, 0.05) is 9.75 Å². The Bertz CT molecular complexity index is 493. The zero-order valence-corrected chi connectivity index (χ0v) is 13.1. The standard InChI is InChI=1S/C15H22N2O3S/c1-2-12-3-4-13(21-12)9-16-14(18)10-17-7-5-11(6-8-17)15(19)20/h3-4,11H,2,5-10H2,1H3,(H,16,18)(H,19,20). The zero-order chi connectivity index (χ0) is 15.2. The van der Waals surface area contributed by atoms with E-state index in [-0.39, 0.29) is 11.8 Å². The van der Waals surface area contributed by atoms with Crippen LogP contribution in [0.3, 0.4) is 0 Å². The molecule has 0 aromatic carbocycles. The molecule has 1 saturated heterocycles. The summed E-state index contributed by atoms with van der Waals surface area (Å²) in [7, 11) is 0. The lowest BCUT2D eigenvalue weighted by Crippen LogP contribution is -2.42. The van der Waals surface area contributed by atoms with E-state index in [1.165, 1.54) is 9.75 Å². The summed E-state index contributed by atoms with van der Waals surface area (Å²) in [6.45, 7) is 4.43. The van der Waals surface area contributed by atoms with Crippen LogP contribution in [-0.2, 0) is 22.6 Å². The maximum Gasteiger partial charge on any atom is 0.306 e. The highest BCUT2D eigenvalue weighted by atomic mass is 32.1. The molecule has 0 spiro atoms. The number of hydrogen-bond acceptors (Lipinski definition) is 4. The molecule has 1 aliphatic rings. The summed E-state index contributed by atoms with van der Waals surface area (Å²) in [6, 6.07) is 4.16. The highest BCUT2D eigenvalue weighted by molar-refractivity contribution is 7.11. The maximum absolute atomic E-state index is 11.9. The predicted octanol–water partition coefficient (Wildman–Crippen LogP) is 1.72. The molecule has 2 rings (SSSR count). The van der Waals surface area contributed by atoms with Crippen LogP contribution in [0.15, 0.2) is 12.1 Å². The van der Waals surface area contributed by atoms with Crippen LogP contribution < -0.4 is 5.32 Å². The number of amides is 1. The Kier molecular flexibility index (Phi) is 5.76. The summed E-state index contributed by atoms with van der Waals surface area (Å²) in [4.78, 5) is 27.3. The lowest BCUT2D eigenvalue weighted by molar-refractivity contribution is -0.143. The Morgan fingerprint density at radius 1 is 1.33 bits per heavy atom. The van der Waals surface area contributed by atoms with Gasteiger partial charge in [-0.05, 0) is 44.5 Å². The number of rotatable bonds is 6. The fraction of sp³-hybridized carbons (Fsp3) is 0.600. The van der Waals surface area contributed by atoms with E-state index in [0.717, 1.165) is 6.42 Å². The Hall–Kier alpha value is -1.40. The van der Waals surface area contributed by atoms with Crippen molar-refractivity contribution < 1.29 is 14.7 Å². The lowest BCUT2D eigenvalue weighted by atomic mass is 9.97. The second-order valence-corrected chi connectivity index (χ2v) is 6.64. The highest BCUT2D eigenvalue weighted by Crippen LogP contribution is 2.18. The molecule has 116 valence electrons. The molecule has 1 aromatic rings. The van der Waals surface area contributed by atoms with E-state index in [1.807, 2.05) is 4.90 Å². The summed E-state index contributed by atoms with van der Waals surface area (Å²) in [6.07, 6.45) is 2.29. The van der Waals surface area contributed by atoms with Gasteiger partial charge in [0.1, 0.15) is 0 Å². The number of carboxylic acids is 1. The first-order valence-corrected chi connectivity index (χ1v) is 8.19. The third kappa shape index (κ3) is 4.82. The van der Waals surface area contributed by atoms with Crippen molar-refractivity contribution in [2.75, 3.05) is 19.6 Å². The van der Waals surface area contributed by atoms with Gasteiger partial charge in [0.25, 0.3) is 0 Å². The zero-order valence-electron chi connectivity index (χ0n) is 12.3. The van der Waals surface area contributed by atoms with Crippen molar-refractivity contribution in [1.29, 1.82) is 0 Å². The van der Waals surface area contributed by atoms with Crippen LogP contribution in [0, 0.1) is 5.92 Å². The molecule has 6 heteroatoms. The first-order valence-electron chi connectivity index (χ1n) is 7.38. The number of carboxylic acid groups (broad SMARTS) is 1. The van der Waals surface area contributed by atoms with Gasteiger partial charge in [0.2, 0.25) is 5.91 Å². The molecule has 1 amide bonds. The van der Waals surface area contributed by atoms with Gasteiger partial charge >= 0.3 is 5.97 Å². The van der Waals surface area contributed by atoms with E-state index in [9.17, 15) is 9.59 Å². The van der Waals surface area contributed by atoms with Gasteiger partial charge in [-0.1, -0.05) is 6.92 Å². The van der Waals surface area contributed by atoms with Gasteiger partial charge in [-0.25, -0.2) is 0 Å². The Morgan fingerprint density at radius 2 is 2.00 bits per heavy atom. The number of piperidine rings is 1. The number of aliphatic carboxylic acids is 1. The molecule has 2 N–H and O–H groups in total. The van der Waals surface area contributed by atoms with Gasteiger partial charge in [-0.3, -0.25) is 14.5 Å². The second-order valence-electron chi connectivity index (χ2n) is 5.39. The van der Waals surface area contributed by atoms with E-state index < -0.39 is 5.97 Å². The molecular weight excluding hydrogens is 288 g/mol. The van der Waals surface area contributed by atoms with Crippen molar-refractivity contribution in [3.05, 3.63) is 21.9 Å². The number of thiophene rings is 1. The average Bonchev–Trinajstić information content (AvgIpc) is 2.94. The first kappa shape index (κ1) is 16.0. The third-order valence-corrected chi connectivity index (χ3v) is 5.06. The molecule has 1 aliphatic heterocycles. The van der Waals surface area contributed by atoms with Gasteiger partial charge < -0.3 is 10.4 Å². The van der Waals surface area contributed by atoms with E-state index in [1.54, 1.807) is 11.3 Å². The van der Waals surface area contributed by atoms with E-state index in [2.05, 4.69) is 24.4 Å². The quantitative estimate of drug-likeness (QED) is 0.839. The Labute approximate surface area is 129 Å². The fourth-order valence-corrected chi connectivity index (χ4v) is 3.39. The van der Waals surface area contributed by atoms with E-state index in [4.69, 9.17) is 5.11 Å². The largest absolute Gasteiger partial charge is 0.481 e. The van der Waals surface area contributed by atoms with Crippen LogP contribution in [0.4, 0.5) is 0 Å². The minimum absolute atomic E-state index is 0.00947. The van der Waals surface area contributed by atoms with E-state index in [0.29, 0.717) is 39.0 Å². The minimum atomic E-state index is -0.719. The Balaban J connectivity index is 1.69. The van der Waals surface area contributed by atoms with Crippen molar-refractivity contribution in [3.8, 4) is 0 Å². The maximum atomic E-state index is 11.9. The van der Waals surface area contributed by atoms with Gasteiger partial charge in [0.05, 0.1) is 19.0 Å². The molecule has 0 unspecified atom stereocenters. The minimum Gasteiger partial charge on any atom is -0.481 e. The number of aryl methyl sites for hydroxylation is 1. The molecule has 0 atom stereocenters. The van der Waals surface area contributed by atoms with Gasteiger partial charge in [-0.15, -0.1) is 11.3 Å². The molecule has 1 fully saturated rings. The van der Waals surface area contributed by atoms with Gasteiger partial charge in [-0.2, -0.15) is 0 Å². The summed E-state index contributed by atoms with van der Waals surface area (Å²) in [5.74, 6) is -0.957. The topological polar surface area (TPSA) is 69.6 Å². The molecule has 5 nitrogen and oxygen atoms in total. The van der Waals surface area contributed by atoms with Crippen molar-refractivity contribution in [3.63, 3.8) is 0 Å². The van der Waals surface area contributed by atoms with Crippen molar-refractivity contribution in [1.82, 2.24) is 10.2 Å². The van der Waals surface area contributed by atoms with Gasteiger partial charge in [0.15, 0.2) is 0 Å². The predicted molar refractivity (Wildman–Crippen MR) is 82.3 cm³/mol. The molecule has 21 heavy (non-hydrogen) atoms. The van der Waals surface area contributed by atoms with Crippen LogP contribution >= 0.6 is 11.3 Å². The summed E-state index contributed by atoms with van der Waals surface area (Å²) < 4.78 is 0. The van der Waals surface area contributed by atoms with Crippen LogP contribution in [0.25, 0.3) is 0 Å². The van der Waals surface area contributed by atoms with Crippen LogP contribution in [-0.4, -0.2) is 41.5 Å². The number of carbonyl (C=O) groups is 2. The molecule has 2 heterocycles. The average molecular weight is 310 g/mol. The normalized spacial score (nSPS) is 16.8. The SMILES string of the molecule is CCc1ccc(CNC(=O)CN2CCC(C(=O)O)CC2)s1.